The van der Waals surface area contributed by atoms with Gasteiger partial charge in [0.1, 0.15) is 0 Å². The zero-order valence-corrected chi connectivity index (χ0v) is 11.1. The lowest BCUT2D eigenvalue weighted by molar-refractivity contribution is 0.0987. The first kappa shape index (κ1) is 13.3. The van der Waals surface area contributed by atoms with Gasteiger partial charge < -0.3 is 15.2 Å². The van der Waals surface area contributed by atoms with Gasteiger partial charge in [-0.25, -0.2) is 0 Å². The van der Waals surface area contributed by atoms with Crippen LogP contribution in [-0.2, 0) is 6.54 Å². The first-order chi connectivity index (χ1) is 9.20. The van der Waals surface area contributed by atoms with Crippen LogP contribution < -0.4 is 10.6 Å². The summed E-state index contributed by atoms with van der Waals surface area (Å²) < 4.78 is 4.92. The highest BCUT2D eigenvalue weighted by molar-refractivity contribution is 6.03. The lowest BCUT2D eigenvalue weighted by atomic mass is 10.2. The standard InChI is InChI=1S/C14H17N3O2/c1-3-15-9-11-5-4-6-12(7-11)17-14(18)13-10(2)8-16-19-13/h4-8,15H,3,9H2,1-2H3,(H,17,18). The van der Waals surface area contributed by atoms with E-state index in [1.807, 2.05) is 24.3 Å². The van der Waals surface area contributed by atoms with Crippen LogP contribution in [0.25, 0.3) is 0 Å². The van der Waals surface area contributed by atoms with E-state index in [9.17, 15) is 4.79 Å². The van der Waals surface area contributed by atoms with E-state index in [0.29, 0.717) is 0 Å². The molecule has 0 aliphatic rings. The molecule has 0 fully saturated rings. The molecule has 0 spiro atoms. The number of carbonyl (C=O) groups excluding carboxylic acids is 1. The van der Waals surface area contributed by atoms with Gasteiger partial charge in [-0.1, -0.05) is 24.2 Å². The highest BCUT2D eigenvalue weighted by Gasteiger charge is 2.14. The predicted octanol–water partition coefficient (Wildman–Crippen LogP) is 2.34. The number of rotatable bonds is 5. The molecule has 19 heavy (non-hydrogen) atoms. The van der Waals surface area contributed by atoms with Crippen molar-refractivity contribution in [3.05, 3.63) is 47.3 Å². The average molecular weight is 259 g/mol. The summed E-state index contributed by atoms with van der Waals surface area (Å²) in [6.45, 7) is 5.53. The van der Waals surface area contributed by atoms with Crippen LogP contribution in [-0.4, -0.2) is 17.6 Å². The highest BCUT2D eigenvalue weighted by atomic mass is 16.5. The second-order valence-electron chi connectivity index (χ2n) is 4.27. The van der Waals surface area contributed by atoms with Crippen LogP contribution in [0.1, 0.15) is 28.6 Å². The third kappa shape index (κ3) is 3.42. The molecule has 5 nitrogen and oxygen atoms in total. The normalized spacial score (nSPS) is 10.4. The number of hydrogen-bond acceptors (Lipinski definition) is 4. The van der Waals surface area contributed by atoms with E-state index >= 15 is 0 Å². The third-order valence-electron chi connectivity index (χ3n) is 2.72. The molecule has 2 rings (SSSR count). The Balaban J connectivity index is 2.07. The summed E-state index contributed by atoms with van der Waals surface area (Å²) in [5, 5.41) is 9.64. The monoisotopic (exact) mass is 259 g/mol. The Kier molecular flexibility index (Phi) is 4.30. The van der Waals surface area contributed by atoms with Crippen LogP contribution in [0, 0.1) is 6.92 Å². The van der Waals surface area contributed by atoms with E-state index in [1.165, 1.54) is 6.20 Å². The Morgan fingerprint density at radius 1 is 1.42 bits per heavy atom. The van der Waals surface area contributed by atoms with Crippen molar-refractivity contribution in [1.82, 2.24) is 10.5 Å². The number of anilines is 1. The van der Waals surface area contributed by atoms with Gasteiger partial charge in [-0.05, 0) is 31.2 Å². The maximum atomic E-state index is 12.0. The number of nitrogens with one attached hydrogen (secondary N) is 2. The highest BCUT2D eigenvalue weighted by Crippen LogP contribution is 2.13. The Bertz CT molecular complexity index is 563. The Morgan fingerprint density at radius 2 is 2.26 bits per heavy atom. The number of carbonyl (C=O) groups is 1. The van der Waals surface area contributed by atoms with Gasteiger partial charge in [0.15, 0.2) is 0 Å². The molecular weight excluding hydrogens is 242 g/mol. The van der Waals surface area contributed by atoms with Crippen molar-refractivity contribution in [1.29, 1.82) is 0 Å². The summed E-state index contributed by atoms with van der Waals surface area (Å²) in [4.78, 5) is 12.0. The minimum absolute atomic E-state index is 0.247. The van der Waals surface area contributed by atoms with E-state index in [2.05, 4.69) is 22.7 Å². The van der Waals surface area contributed by atoms with Crippen LogP contribution in [0.2, 0.25) is 0 Å². The molecule has 0 bridgehead atoms. The Labute approximate surface area is 112 Å². The molecule has 5 heteroatoms. The van der Waals surface area contributed by atoms with Crippen molar-refractivity contribution in [2.24, 2.45) is 0 Å². The number of aromatic nitrogens is 1. The first-order valence-corrected chi connectivity index (χ1v) is 6.23. The molecular formula is C14H17N3O2. The number of amides is 1. The number of hydrogen-bond donors (Lipinski definition) is 2. The number of aryl methyl sites for hydroxylation is 1. The van der Waals surface area contributed by atoms with Gasteiger partial charge in [0, 0.05) is 17.8 Å². The fraction of sp³-hybridized carbons (Fsp3) is 0.286. The average Bonchev–Trinajstić information content (AvgIpc) is 2.83. The lowest BCUT2D eigenvalue weighted by Crippen LogP contribution is -2.14. The number of benzene rings is 1. The van der Waals surface area contributed by atoms with Gasteiger partial charge >= 0.3 is 0 Å². The van der Waals surface area contributed by atoms with Gasteiger partial charge in [-0.2, -0.15) is 0 Å². The minimum atomic E-state index is -0.282. The molecule has 1 aromatic carbocycles. The summed E-state index contributed by atoms with van der Waals surface area (Å²) in [5.74, 6) is -0.0345. The molecule has 1 aromatic heterocycles. The summed E-state index contributed by atoms with van der Waals surface area (Å²) in [7, 11) is 0. The summed E-state index contributed by atoms with van der Waals surface area (Å²) in [5.41, 5.74) is 2.59. The van der Waals surface area contributed by atoms with Gasteiger partial charge in [-0.15, -0.1) is 0 Å². The molecule has 2 N–H and O–H groups in total. The van der Waals surface area contributed by atoms with Crippen molar-refractivity contribution in [2.75, 3.05) is 11.9 Å². The Morgan fingerprint density at radius 3 is 2.95 bits per heavy atom. The second kappa shape index (κ2) is 6.15. The van der Waals surface area contributed by atoms with Crippen molar-refractivity contribution >= 4 is 11.6 Å². The Hall–Kier alpha value is -2.14. The zero-order valence-electron chi connectivity index (χ0n) is 11.1. The minimum Gasteiger partial charge on any atom is -0.351 e. The molecule has 0 radical (unpaired) electrons. The quantitative estimate of drug-likeness (QED) is 0.865. The van der Waals surface area contributed by atoms with Crippen molar-refractivity contribution in [2.45, 2.75) is 20.4 Å². The fourth-order valence-electron chi connectivity index (χ4n) is 1.73. The maximum absolute atomic E-state index is 12.0. The maximum Gasteiger partial charge on any atom is 0.294 e. The van der Waals surface area contributed by atoms with E-state index in [4.69, 9.17) is 4.52 Å². The van der Waals surface area contributed by atoms with Gasteiger partial charge in [-0.3, -0.25) is 4.79 Å². The molecule has 0 aliphatic heterocycles. The summed E-state index contributed by atoms with van der Waals surface area (Å²) >= 11 is 0. The van der Waals surface area contributed by atoms with Crippen LogP contribution in [0.4, 0.5) is 5.69 Å². The molecule has 1 heterocycles. The molecule has 0 saturated heterocycles. The SMILES string of the molecule is CCNCc1cccc(NC(=O)c2oncc2C)c1. The van der Waals surface area contributed by atoms with E-state index in [-0.39, 0.29) is 11.7 Å². The molecule has 100 valence electrons. The zero-order chi connectivity index (χ0) is 13.7. The largest absolute Gasteiger partial charge is 0.351 e. The van der Waals surface area contributed by atoms with Crippen LogP contribution in [0.5, 0.6) is 0 Å². The van der Waals surface area contributed by atoms with E-state index in [0.717, 1.165) is 29.9 Å². The van der Waals surface area contributed by atoms with Gasteiger partial charge in [0.05, 0.1) is 6.20 Å². The van der Waals surface area contributed by atoms with Crippen LogP contribution in [0.15, 0.2) is 35.0 Å². The van der Waals surface area contributed by atoms with E-state index in [1.54, 1.807) is 6.92 Å². The summed E-state index contributed by atoms with van der Waals surface area (Å²) in [6, 6.07) is 7.71. The van der Waals surface area contributed by atoms with Crippen molar-refractivity contribution < 1.29 is 9.32 Å². The second-order valence-corrected chi connectivity index (χ2v) is 4.27. The smallest absolute Gasteiger partial charge is 0.294 e. The van der Waals surface area contributed by atoms with Crippen LogP contribution in [0.3, 0.4) is 0 Å². The van der Waals surface area contributed by atoms with Gasteiger partial charge in [0.25, 0.3) is 5.91 Å². The first-order valence-electron chi connectivity index (χ1n) is 6.23. The molecule has 1 amide bonds. The van der Waals surface area contributed by atoms with Crippen molar-refractivity contribution in [3.63, 3.8) is 0 Å². The topological polar surface area (TPSA) is 67.2 Å². The van der Waals surface area contributed by atoms with Crippen LogP contribution >= 0.6 is 0 Å². The van der Waals surface area contributed by atoms with Crippen molar-refractivity contribution in [3.8, 4) is 0 Å². The third-order valence-corrected chi connectivity index (χ3v) is 2.72. The van der Waals surface area contributed by atoms with E-state index < -0.39 is 0 Å². The van der Waals surface area contributed by atoms with Gasteiger partial charge in [0.2, 0.25) is 5.76 Å². The molecule has 0 saturated carbocycles. The molecule has 0 aliphatic carbocycles. The lowest BCUT2D eigenvalue weighted by Gasteiger charge is -2.06. The predicted molar refractivity (Wildman–Crippen MR) is 73.0 cm³/mol. The summed E-state index contributed by atoms with van der Waals surface area (Å²) in [6.07, 6.45) is 1.52. The molecule has 2 aromatic rings. The molecule has 0 atom stereocenters. The molecule has 0 unspecified atom stereocenters. The number of nitrogens with zero attached hydrogens (tertiary/aromatic N) is 1. The fourth-order valence-corrected chi connectivity index (χ4v) is 1.73.